The number of hydrogen-bond acceptors (Lipinski definition) is 10. The number of carbonyl (C=O) groups excluding carboxylic acids is 3. The van der Waals surface area contributed by atoms with E-state index in [1.165, 1.54) is 84.0 Å². The van der Waals surface area contributed by atoms with Crippen molar-refractivity contribution in [2.75, 3.05) is 13.6 Å². The highest BCUT2D eigenvalue weighted by atomic mass is 16.7. The van der Waals surface area contributed by atoms with E-state index in [0.717, 1.165) is 30.4 Å². The lowest BCUT2D eigenvalue weighted by Gasteiger charge is -2.61. The van der Waals surface area contributed by atoms with Crippen molar-refractivity contribution in [1.29, 1.82) is 0 Å². The number of unbranched alkanes of at least 4 members (excludes halogenated alkanes) is 14. The maximum atomic E-state index is 13.4. The zero-order chi connectivity index (χ0) is 38.2. The van der Waals surface area contributed by atoms with Crippen LogP contribution >= 0.6 is 0 Å². The van der Waals surface area contributed by atoms with Crippen LogP contribution in [0.25, 0.3) is 0 Å². The maximum absolute atomic E-state index is 13.4. The Bertz CT molecular complexity index is 1470. The van der Waals surface area contributed by atoms with Gasteiger partial charge in [0, 0.05) is 24.4 Å². The van der Waals surface area contributed by atoms with Crippen LogP contribution in [0.3, 0.4) is 0 Å². The summed E-state index contributed by atoms with van der Waals surface area (Å²) < 4.78 is 29.1. The molecule has 53 heavy (non-hydrogen) atoms. The van der Waals surface area contributed by atoms with Gasteiger partial charge in [-0.15, -0.1) is 0 Å². The van der Waals surface area contributed by atoms with Crippen molar-refractivity contribution in [2.45, 2.75) is 191 Å². The third-order valence-electron chi connectivity index (χ3n) is 11.8. The van der Waals surface area contributed by atoms with Crippen LogP contribution in [-0.2, 0) is 35.6 Å². The minimum Gasteiger partial charge on any atom is -0.477 e. The largest absolute Gasteiger partial charge is 0.514 e. The second kappa shape index (κ2) is 18.0. The Balaban J connectivity index is 1.10. The van der Waals surface area contributed by atoms with E-state index in [1.54, 1.807) is 32.9 Å². The molecule has 1 saturated heterocycles. The lowest BCUT2D eigenvalue weighted by molar-refractivity contribution is -0.175. The van der Waals surface area contributed by atoms with Gasteiger partial charge in [0.2, 0.25) is 0 Å². The number of likely N-dealkylation sites (N-methyl/N-ethyl adjacent to an activating group) is 1. The molecular formula is C43H65NO9. The van der Waals surface area contributed by atoms with Crippen molar-refractivity contribution in [3.05, 3.63) is 35.1 Å². The van der Waals surface area contributed by atoms with Crippen LogP contribution in [0.5, 0.6) is 11.5 Å². The van der Waals surface area contributed by atoms with Crippen molar-refractivity contribution >= 4 is 18.1 Å². The fourth-order valence-electron chi connectivity index (χ4n) is 9.01. The molecule has 1 spiro atoms. The number of hydrogen-bond donors (Lipinski definition) is 1. The third kappa shape index (κ3) is 9.41. The summed E-state index contributed by atoms with van der Waals surface area (Å²) in [4.78, 5) is 41.0. The van der Waals surface area contributed by atoms with Crippen molar-refractivity contribution in [2.24, 2.45) is 0 Å². The van der Waals surface area contributed by atoms with E-state index in [9.17, 15) is 19.5 Å². The Morgan fingerprint density at radius 3 is 2.13 bits per heavy atom. The van der Waals surface area contributed by atoms with Crippen LogP contribution in [0.2, 0.25) is 0 Å². The Morgan fingerprint density at radius 2 is 1.53 bits per heavy atom. The van der Waals surface area contributed by atoms with Gasteiger partial charge < -0.3 is 33.7 Å². The van der Waals surface area contributed by atoms with E-state index in [4.69, 9.17) is 23.7 Å². The summed E-state index contributed by atoms with van der Waals surface area (Å²) >= 11 is 0. The molecule has 1 fully saturated rings. The zero-order valence-electron chi connectivity index (χ0n) is 33.3. The fourth-order valence-corrected chi connectivity index (χ4v) is 9.01. The molecule has 0 radical (unpaired) electrons. The minimum absolute atomic E-state index is 0.188. The number of piperidine rings is 1. The molecule has 10 nitrogen and oxygen atoms in total. The molecule has 2 bridgehead atoms. The molecule has 0 saturated carbocycles. The lowest BCUT2D eigenvalue weighted by Crippen LogP contribution is -2.74. The van der Waals surface area contributed by atoms with Crippen LogP contribution in [0.15, 0.2) is 24.0 Å². The van der Waals surface area contributed by atoms with Gasteiger partial charge in [-0.3, -0.25) is 4.79 Å². The van der Waals surface area contributed by atoms with Crippen LogP contribution < -0.4 is 9.47 Å². The topological polar surface area (TPSA) is 121 Å². The van der Waals surface area contributed by atoms with Gasteiger partial charge in [0.1, 0.15) is 11.4 Å². The first kappa shape index (κ1) is 41.1. The maximum Gasteiger partial charge on any atom is 0.514 e. The zero-order valence-corrected chi connectivity index (χ0v) is 33.3. The van der Waals surface area contributed by atoms with Crippen molar-refractivity contribution in [1.82, 2.24) is 4.90 Å². The molecule has 1 aromatic carbocycles. The fraction of sp³-hybridized carbons (Fsp3) is 0.744. The molecule has 1 N–H and O–H groups in total. The van der Waals surface area contributed by atoms with Crippen molar-refractivity contribution in [3.63, 3.8) is 0 Å². The van der Waals surface area contributed by atoms with Crippen LogP contribution in [0.1, 0.15) is 161 Å². The standard InChI is InChI=1S/C43H65NO9/c1-7-8-9-10-11-12-13-14-15-16-17-18-19-20-21-22-35(45)49-30(2)39(46)50-33-25-26-43(48)34-29-31-23-24-32(51-40(47)53-41(3,4)5)37-36(31)42(43,38(33)52-37)27-28-44(34)6/h23-25,30,34,38,48H,7-22,26-29H2,1-6H3/t30-,34-,38-,42-,43+/m0/s1. The predicted octanol–water partition coefficient (Wildman–Crippen LogP) is 9.01. The van der Waals surface area contributed by atoms with Crippen LogP contribution in [0.4, 0.5) is 4.79 Å². The molecular weight excluding hydrogens is 674 g/mol. The molecule has 5 atom stereocenters. The van der Waals surface area contributed by atoms with Crippen molar-refractivity contribution in [3.8, 4) is 11.5 Å². The molecule has 1 aromatic rings. The minimum atomic E-state index is -1.21. The molecule has 2 aliphatic heterocycles. The molecule has 0 unspecified atom stereocenters. The number of ether oxygens (including phenoxy) is 5. The number of nitrogens with zero attached hydrogens (tertiary/aromatic N) is 1. The first-order chi connectivity index (χ1) is 25.3. The van der Waals surface area contributed by atoms with Gasteiger partial charge in [0.05, 0.1) is 11.0 Å². The van der Waals surface area contributed by atoms with E-state index in [0.29, 0.717) is 25.1 Å². The summed E-state index contributed by atoms with van der Waals surface area (Å²) in [6, 6.07) is 3.43. The van der Waals surface area contributed by atoms with E-state index >= 15 is 0 Å². The van der Waals surface area contributed by atoms with Gasteiger partial charge in [0.25, 0.3) is 0 Å². The van der Waals surface area contributed by atoms with Gasteiger partial charge in [-0.25, -0.2) is 9.59 Å². The van der Waals surface area contributed by atoms with Gasteiger partial charge in [-0.05, 0) is 78.3 Å². The van der Waals surface area contributed by atoms with Gasteiger partial charge >= 0.3 is 18.1 Å². The summed E-state index contributed by atoms with van der Waals surface area (Å²) in [6.45, 7) is 9.74. The second-order valence-electron chi connectivity index (χ2n) is 16.9. The Labute approximate surface area is 317 Å². The highest BCUT2D eigenvalue weighted by molar-refractivity contribution is 5.80. The number of esters is 2. The molecule has 0 aromatic heterocycles. The van der Waals surface area contributed by atoms with E-state index in [1.807, 2.05) is 13.1 Å². The van der Waals surface area contributed by atoms with Gasteiger partial charge in [-0.1, -0.05) is 103 Å². The third-order valence-corrected chi connectivity index (χ3v) is 11.8. The predicted molar refractivity (Wildman–Crippen MR) is 203 cm³/mol. The summed E-state index contributed by atoms with van der Waals surface area (Å²) in [5, 5.41) is 12.5. The van der Waals surface area contributed by atoms with E-state index in [-0.39, 0.29) is 30.4 Å². The average Bonchev–Trinajstić information content (AvgIpc) is 3.45. The quantitative estimate of drug-likeness (QED) is 0.0600. The Kier molecular flexibility index (Phi) is 14.0. The van der Waals surface area contributed by atoms with Crippen LogP contribution in [0, 0.1) is 0 Å². The molecule has 2 heterocycles. The summed E-state index contributed by atoms with van der Waals surface area (Å²) in [5.41, 5.74) is -1.11. The van der Waals surface area contributed by atoms with Crippen LogP contribution in [-0.4, -0.2) is 71.1 Å². The highest BCUT2D eigenvalue weighted by Crippen LogP contribution is 2.65. The summed E-state index contributed by atoms with van der Waals surface area (Å²) in [6.07, 6.45) is 19.2. The molecule has 2 aliphatic carbocycles. The molecule has 5 rings (SSSR count). The molecule has 4 aliphatic rings. The SMILES string of the molecule is CCCCCCCCCCCCCCCCCC(=O)O[C@@H](C)C(=O)OC1=CC[C@@]2(O)[C@@H]3Cc4ccc(OC(=O)OC(C)(C)C)c5c4[C@@]2(CCN3C)[C@H]1O5. The number of benzene rings is 1. The monoisotopic (exact) mass is 739 g/mol. The highest BCUT2D eigenvalue weighted by Gasteiger charge is 2.72. The molecule has 296 valence electrons. The summed E-state index contributed by atoms with van der Waals surface area (Å²) in [7, 11) is 2.01. The Hall–Kier alpha value is -3.11. The van der Waals surface area contributed by atoms with Gasteiger partial charge in [-0.2, -0.15) is 0 Å². The summed E-state index contributed by atoms with van der Waals surface area (Å²) in [5.74, 6) is -0.313. The average molecular weight is 740 g/mol. The number of aliphatic hydroxyl groups is 1. The second-order valence-corrected chi connectivity index (χ2v) is 16.9. The number of rotatable bonds is 20. The Morgan fingerprint density at radius 1 is 0.925 bits per heavy atom. The lowest BCUT2D eigenvalue weighted by atomic mass is 9.50. The number of likely N-dealkylation sites (tertiary alicyclic amines) is 1. The normalized spacial score (nSPS) is 24.8. The van der Waals surface area contributed by atoms with Gasteiger partial charge in [0.15, 0.2) is 23.7 Å². The van der Waals surface area contributed by atoms with Crippen molar-refractivity contribution < 1.29 is 43.2 Å². The first-order valence-electron chi connectivity index (χ1n) is 20.6. The molecule has 0 amide bonds. The number of carbonyl (C=O) groups is 3. The van der Waals surface area contributed by atoms with E-state index < -0.39 is 46.9 Å². The van der Waals surface area contributed by atoms with E-state index in [2.05, 4.69) is 11.8 Å². The first-order valence-corrected chi connectivity index (χ1v) is 20.6. The molecule has 10 heteroatoms. The smallest absolute Gasteiger partial charge is 0.477 e.